The Hall–Kier alpha value is -5.91. The average Bonchev–Trinajstić information content (AvgIpc) is 3.56. The number of nitrogens with zero attached hydrogens (tertiary/aromatic N) is 1. The molecule has 2 aliphatic rings. The van der Waals surface area contributed by atoms with E-state index in [4.69, 9.17) is 5.26 Å². The third kappa shape index (κ3) is 4.25. The fraction of sp³-hybridized carbons (Fsp3) is 0.0465. The molecule has 45 heavy (non-hydrogen) atoms. The van der Waals surface area contributed by atoms with Crippen molar-refractivity contribution >= 4 is 5.57 Å². The molecule has 2 nitrogen and oxygen atoms in total. The number of allylic oxidation sites excluding steroid dienone is 3. The molecule has 0 atom stereocenters. The van der Waals surface area contributed by atoms with Crippen molar-refractivity contribution in [3.8, 4) is 50.7 Å². The normalized spacial score (nSPS) is 13.0. The molecule has 0 radical (unpaired) electrons. The zero-order chi connectivity index (χ0) is 31.0. The summed E-state index contributed by atoms with van der Waals surface area (Å²) in [5.74, 6) is 0. The van der Waals surface area contributed by atoms with Gasteiger partial charge in [-0.3, -0.25) is 0 Å². The second-order valence-corrected chi connectivity index (χ2v) is 11.4. The van der Waals surface area contributed by atoms with E-state index in [0.717, 1.165) is 5.57 Å². The molecular weight excluding hydrogens is 544 g/mol. The van der Waals surface area contributed by atoms with E-state index >= 15 is 0 Å². The van der Waals surface area contributed by atoms with Gasteiger partial charge in [-0.25, -0.2) is 0 Å². The second kappa shape index (κ2) is 11.3. The molecule has 0 aromatic heterocycles. The molecule has 0 aliphatic heterocycles. The highest BCUT2D eigenvalue weighted by Crippen LogP contribution is 2.63. The van der Waals surface area contributed by atoms with Crippen molar-refractivity contribution in [2.45, 2.75) is 12.3 Å². The van der Waals surface area contributed by atoms with Crippen LogP contribution in [0.5, 0.6) is 0 Å². The summed E-state index contributed by atoms with van der Waals surface area (Å²) < 4.78 is 0. The van der Waals surface area contributed by atoms with Gasteiger partial charge in [0.25, 0.3) is 0 Å². The molecule has 214 valence electrons. The molecule has 0 amide bonds. The maximum absolute atomic E-state index is 7.10. The standard InChI is InChI=1S/C42H30.CH2N2/c1-3-28(4-2)30-15-12-16-31(25-30)33-22-24-41-37(27-33)36-26-32(29-13-6-5-7-14-29)21-23-40(36)42(41)38-19-10-8-17-34(38)35-18-9-11-20-39(35)42;2-1-3/h3-27H,1H2,2H3;2H2/b28-4+;. The monoisotopic (exact) mass is 576 g/mol. The fourth-order valence-electron chi connectivity index (χ4n) is 7.42. The van der Waals surface area contributed by atoms with E-state index in [1.165, 1.54) is 78.5 Å². The first-order valence-corrected chi connectivity index (χ1v) is 15.2. The van der Waals surface area contributed by atoms with Gasteiger partial charge in [-0.2, -0.15) is 5.26 Å². The van der Waals surface area contributed by atoms with Gasteiger partial charge in [-0.15, -0.1) is 0 Å². The Balaban J connectivity index is 0.00000104. The Morgan fingerprint density at radius 3 is 1.60 bits per heavy atom. The molecule has 2 aliphatic carbocycles. The number of fused-ring (bicyclic) bond motifs is 10. The van der Waals surface area contributed by atoms with E-state index in [2.05, 4.69) is 165 Å². The average molecular weight is 577 g/mol. The van der Waals surface area contributed by atoms with Crippen molar-refractivity contribution in [1.82, 2.24) is 0 Å². The first-order chi connectivity index (χ1) is 22.1. The minimum Gasteiger partial charge on any atom is -0.337 e. The summed E-state index contributed by atoms with van der Waals surface area (Å²) in [5, 5.41) is 7.10. The number of nitrogens with two attached hydrogens (primary N) is 1. The van der Waals surface area contributed by atoms with E-state index in [1.54, 1.807) is 0 Å². The molecule has 0 heterocycles. The Bertz CT molecular complexity index is 2120. The summed E-state index contributed by atoms with van der Waals surface area (Å²) >= 11 is 0. The molecular formula is C43H32N2. The van der Waals surface area contributed by atoms with E-state index in [-0.39, 0.29) is 5.41 Å². The minimum atomic E-state index is -0.339. The Morgan fingerprint density at radius 1 is 0.578 bits per heavy atom. The van der Waals surface area contributed by atoms with Crippen molar-refractivity contribution in [3.63, 3.8) is 0 Å². The van der Waals surface area contributed by atoms with Crippen molar-refractivity contribution in [3.05, 3.63) is 186 Å². The van der Waals surface area contributed by atoms with Gasteiger partial charge in [0.05, 0.1) is 5.41 Å². The third-order valence-corrected chi connectivity index (χ3v) is 9.26. The molecule has 2 heteroatoms. The summed E-state index contributed by atoms with van der Waals surface area (Å²) in [6, 6.07) is 51.8. The van der Waals surface area contributed by atoms with Crippen LogP contribution in [0.25, 0.3) is 50.1 Å². The van der Waals surface area contributed by atoms with Gasteiger partial charge in [0.2, 0.25) is 0 Å². The van der Waals surface area contributed by atoms with Gasteiger partial charge >= 0.3 is 0 Å². The molecule has 1 spiro atoms. The predicted molar refractivity (Wildman–Crippen MR) is 187 cm³/mol. The van der Waals surface area contributed by atoms with E-state index < -0.39 is 0 Å². The first-order valence-electron chi connectivity index (χ1n) is 15.2. The highest BCUT2D eigenvalue weighted by Gasteiger charge is 2.51. The maximum atomic E-state index is 7.10. The lowest BCUT2D eigenvalue weighted by Crippen LogP contribution is -2.25. The van der Waals surface area contributed by atoms with Gasteiger partial charge in [-0.05, 0) is 103 Å². The van der Waals surface area contributed by atoms with Gasteiger partial charge in [0.1, 0.15) is 0 Å². The lowest BCUT2D eigenvalue weighted by atomic mass is 9.70. The smallest absolute Gasteiger partial charge is 0.173 e. The summed E-state index contributed by atoms with van der Waals surface area (Å²) in [5.41, 5.74) is 21.8. The van der Waals surface area contributed by atoms with E-state index in [0.29, 0.717) is 0 Å². The summed E-state index contributed by atoms with van der Waals surface area (Å²) in [7, 11) is 0. The Kier molecular flexibility index (Phi) is 7.01. The van der Waals surface area contributed by atoms with Crippen LogP contribution in [0.2, 0.25) is 0 Å². The second-order valence-electron chi connectivity index (χ2n) is 11.4. The Morgan fingerprint density at radius 2 is 1.04 bits per heavy atom. The largest absolute Gasteiger partial charge is 0.337 e. The quantitative estimate of drug-likeness (QED) is 0.129. The lowest BCUT2D eigenvalue weighted by molar-refractivity contribution is 0.794. The van der Waals surface area contributed by atoms with Crippen LogP contribution < -0.4 is 5.73 Å². The summed E-state index contributed by atoms with van der Waals surface area (Å²) in [6.45, 7) is 6.09. The SMILES string of the molecule is C=C/C(=C\C)c1cccc(-c2ccc3c(c2)-c2cc(-c4ccccc4)ccc2C32c3ccccc3-c3ccccc32)c1.N#CN. The number of benzene rings is 6. The zero-order valence-corrected chi connectivity index (χ0v) is 25.2. The van der Waals surface area contributed by atoms with Gasteiger partial charge in [-0.1, -0.05) is 140 Å². The van der Waals surface area contributed by atoms with Crippen LogP contribution in [0, 0.1) is 11.5 Å². The number of hydrogen-bond donors (Lipinski definition) is 1. The lowest BCUT2D eigenvalue weighted by Gasteiger charge is -2.30. The first kappa shape index (κ1) is 27.9. The number of rotatable bonds is 4. The van der Waals surface area contributed by atoms with Crippen LogP contribution in [0.15, 0.2) is 158 Å². The van der Waals surface area contributed by atoms with Crippen LogP contribution >= 0.6 is 0 Å². The molecule has 8 rings (SSSR count). The summed E-state index contributed by atoms with van der Waals surface area (Å²) in [6.07, 6.45) is 5.30. The third-order valence-electron chi connectivity index (χ3n) is 9.26. The van der Waals surface area contributed by atoms with Crippen molar-refractivity contribution in [1.29, 1.82) is 5.26 Å². The van der Waals surface area contributed by atoms with Crippen LogP contribution in [-0.2, 0) is 5.41 Å². The fourth-order valence-corrected chi connectivity index (χ4v) is 7.42. The Labute approximate surface area is 265 Å². The van der Waals surface area contributed by atoms with Crippen LogP contribution in [0.1, 0.15) is 34.7 Å². The van der Waals surface area contributed by atoms with Crippen LogP contribution in [-0.4, -0.2) is 0 Å². The molecule has 6 aromatic carbocycles. The molecule has 0 unspecified atom stereocenters. The molecule has 2 N–H and O–H groups in total. The highest BCUT2D eigenvalue weighted by atomic mass is 14.5. The number of hydrogen-bond acceptors (Lipinski definition) is 2. The molecule has 0 bridgehead atoms. The van der Waals surface area contributed by atoms with Gasteiger partial charge < -0.3 is 5.73 Å². The van der Waals surface area contributed by atoms with Crippen LogP contribution in [0.3, 0.4) is 0 Å². The highest BCUT2D eigenvalue weighted by molar-refractivity contribution is 5.97. The topological polar surface area (TPSA) is 49.8 Å². The van der Waals surface area contributed by atoms with Crippen molar-refractivity contribution < 1.29 is 0 Å². The minimum absolute atomic E-state index is 0.339. The van der Waals surface area contributed by atoms with Crippen molar-refractivity contribution in [2.24, 2.45) is 5.73 Å². The maximum Gasteiger partial charge on any atom is 0.173 e. The predicted octanol–water partition coefficient (Wildman–Crippen LogP) is 10.4. The zero-order valence-electron chi connectivity index (χ0n) is 25.2. The van der Waals surface area contributed by atoms with Gasteiger partial charge in [0.15, 0.2) is 6.19 Å². The van der Waals surface area contributed by atoms with Gasteiger partial charge in [0, 0.05) is 0 Å². The molecule has 0 saturated heterocycles. The summed E-state index contributed by atoms with van der Waals surface area (Å²) in [4.78, 5) is 0. The number of nitriles is 1. The molecule has 0 saturated carbocycles. The van der Waals surface area contributed by atoms with E-state index in [9.17, 15) is 0 Å². The van der Waals surface area contributed by atoms with Crippen molar-refractivity contribution in [2.75, 3.05) is 0 Å². The van der Waals surface area contributed by atoms with Crippen LogP contribution in [0.4, 0.5) is 0 Å². The molecule has 0 fully saturated rings. The van der Waals surface area contributed by atoms with E-state index in [1.807, 2.05) is 6.08 Å². The molecule has 6 aromatic rings.